The molecule has 5 aromatic heterocycles. The third-order valence-corrected chi connectivity index (χ3v) is 16.3. The van der Waals surface area contributed by atoms with Crippen LogP contribution in [0.1, 0.15) is 67.0 Å². The van der Waals surface area contributed by atoms with Crippen molar-refractivity contribution in [2.75, 3.05) is 192 Å². The van der Waals surface area contributed by atoms with Crippen LogP contribution in [-0.2, 0) is 14.9 Å². The third kappa shape index (κ3) is 44.4. The van der Waals surface area contributed by atoms with Gasteiger partial charge in [0.15, 0.2) is 5.43 Å². The number of aryl methyl sites for hydroxylation is 5. The highest BCUT2D eigenvalue weighted by Crippen LogP contribution is 2.09. The molecule has 5 rings (SSSR count). The number of hydrogen-bond donors (Lipinski definition) is 16. The van der Waals surface area contributed by atoms with E-state index in [-0.39, 0.29) is 109 Å². The maximum Gasteiger partial charge on any atom is 0.321 e. The van der Waals surface area contributed by atoms with Gasteiger partial charge in [-0.1, -0.05) is 0 Å². The second-order valence-corrected chi connectivity index (χ2v) is 28.3. The topological polar surface area (TPSA) is 514 Å². The van der Waals surface area contributed by atoms with E-state index in [1.54, 1.807) is 39.5 Å². The summed E-state index contributed by atoms with van der Waals surface area (Å²) in [6.45, 7) is 18.8. The van der Waals surface area contributed by atoms with E-state index in [0.29, 0.717) is 79.9 Å². The lowest BCUT2D eigenvalue weighted by Crippen LogP contribution is -2.53. The summed E-state index contributed by atoms with van der Waals surface area (Å²) in [4.78, 5) is 165. The maximum absolute atomic E-state index is 12.5. The van der Waals surface area contributed by atoms with E-state index in [9.17, 15) is 65.7 Å². The molecular weight excluding hydrogens is 1410 g/mol. The summed E-state index contributed by atoms with van der Waals surface area (Å²) in [5, 5.41) is 29.1. The van der Waals surface area contributed by atoms with Gasteiger partial charge in [-0.2, -0.15) is 0 Å². The Morgan fingerprint density at radius 3 is 1.00 bits per heavy atom. The number of carbonyl (C=O) groups is 6. The molecule has 0 aliphatic heterocycles. The van der Waals surface area contributed by atoms with Crippen molar-refractivity contribution in [3.8, 4) is 0 Å². The molecular formula is C67H117N25O14S. The number of nitrogens with one attached hydrogen (secondary N) is 16. The first-order chi connectivity index (χ1) is 48.3. The molecule has 0 aliphatic carbocycles. The normalized spacial score (nSPS) is 11.2. The van der Waals surface area contributed by atoms with Crippen molar-refractivity contribution in [1.29, 1.82) is 0 Å². The van der Waals surface area contributed by atoms with Gasteiger partial charge in [0.2, 0.25) is 29.7 Å². The largest absolute Gasteiger partial charge is 0.748 e. The van der Waals surface area contributed by atoms with Crippen LogP contribution in [0.2, 0.25) is 0 Å². The molecule has 0 spiro atoms. The number of anilines is 5. The molecule has 5 aromatic rings. The standard InChI is InChI=1S/C40H67N15O6.C23H36N10O8S.4CH3/c1-29-25-32(56)28-33(44-29)47-38(59)41-13-10-19-53(4,5)22-16-52(17-23-54(6,7)20-11-14-42-39(60)50-36-45-30(2)26-34(57)48-36)18-24-55(8,9)21-12-15-43-40(61)51-37-46-31(3)27-35(58)49-37;1-15-12-17(34)29-20(27-15)31-22(37)25-6-3-9-33(14-19(36)24-8-5-11-42(39,40)41)10-4-7-26-23(38)32-21-28-16(2)13-18(35)30-21;;;;/h25-28H,10-24H2,1-9H3,(H6-3,41,42,43,44,45,46,47,48,49,50,51,56,57,58,59,60,61);12-13H,3-11,14H2,1-2H3,(H,24,36)(H,39,40,41)(H3,25,27,29,31,34,37)(H3,26,28,30,32,35,38);4*1H3/q;;3*-1;+1/p+2. The van der Waals surface area contributed by atoms with E-state index in [4.69, 9.17) is 0 Å². The first-order valence-electron chi connectivity index (χ1n) is 33.7. The van der Waals surface area contributed by atoms with Gasteiger partial charge >= 0.3 is 30.2 Å². The lowest BCUT2D eigenvalue weighted by molar-refractivity contribution is -0.895. The van der Waals surface area contributed by atoms with Crippen molar-refractivity contribution in [2.24, 2.45) is 0 Å². The number of carbonyl (C=O) groups excluding carboxylic acids is 6. The highest BCUT2D eigenvalue weighted by atomic mass is 32.2. The number of amides is 11. The van der Waals surface area contributed by atoms with E-state index in [1.165, 1.54) is 36.4 Å². The Morgan fingerprint density at radius 1 is 0.402 bits per heavy atom. The van der Waals surface area contributed by atoms with Crippen molar-refractivity contribution >= 4 is 75.8 Å². The van der Waals surface area contributed by atoms with Gasteiger partial charge in [-0.15, -0.1) is 0 Å². The molecule has 39 nitrogen and oxygen atoms in total. The number of hydrogen-bond acceptors (Lipinski definition) is 20. The van der Waals surface area contributed by atoms with Crippen LogP contribution in [0.15, 0.2) is 60.4 Å². The first-order valence-corrected chi connectivity index (χ1v) is 35.3. The highest BCUT2D eigenvalue weighted by Gasteiger charge is 2.24. The minimum Gasteiger partial charge on any atom is -0.748 e. The molecule has 0 aromatic carbocycles. The van der Waals surface area contributed by atoms with Crippen molar-refractivity contribution < 1.29 is 55.2 Å². The van der Waals surface area contributed by atoms with Crippen molar-refractivity contribution in [3.63, 3.8) is 0 Å². The lowest BCUT2D eigenvalue weighted by Gasteiger charge is -2.37. The lowest BCUT2D eigenvalue weighted by atomic mass is 10.3. The fourth-order valence-electron chi connectivity index (χ4n) is 10.1. The van der Waals surface area contributed by atoms with E-state index >= 15 is 0 Å². The third-order valence-electron chi connectivity index (χ3n) is 15.5. The Labute approximate surface area is 626 Å². The Kier molecular flexibility index (Phi) is 43.6. The number of aromatic nitrogens is 9. The van der Waals surface area contributed by atoms with Gasteiger partial charge in [0.25, 0.3) is 22.2 Å². The summed E-state index contributed by atoms with van der Waals surface area (Å²) < 4.78 is 34.5. The summed E-state index contributed by atoms with van der Waals surface area (Å²) in [5.41, 5.74) is 0.911. The summed E-state index contributed by atoms with van der Waals surface area (Å²) >= 11 is 0. The molecule has 0 atom stereocenters. The van der Waals surface area contributed by atoms with Gasteiger partial charge in [0.05, 0.1) is 98.2 Å². The quantitative estimate of drug-likeness (QED) is 0.0114. The number of H-pyrrole nitrogens is 5. The highest BCUT2D eigenvalue weighted by molar-refractivity contribution is 7.85. The summed E-state index contributed by atoms with van der Waals surface area (Å²) in [7, 11) is 8.78. The Morgan fingerprint density at radius 2 is 0.701 bits per heavy atom. The maximum atomic E-state index is 12.5. The van der Waals surface area contributed by atoms with Gasteiger partial charge in [-0.3, -0.25) is 85.1 Å². The zero-order valence-electron chi connectivity index (χ0n) is 64.8. The van der Waals surface area contributed by atoms with Crippen LogP contribution in [0.25, 0.3) is 0 Å². The monoisotopic (exact) mass is 1530 g/mol. The molecule has 40 heteroatoms. The van der Waals surface area contributed by atoms with Crippen molar-refractivity contribution in [2.45, 2.75) is 73.1 Å². The first kappa shape index (κ1) is 96.9. The van der Waals surface area contributed by atoms with E-state index in [0.717, 1.165) is 91.6 Å². The molecule has 0 aliphatic rings. The zero-order chi connectivity index (χ0) is 76.3. The molecule has 0 unspecified atom stereocenters. The number of nitrogens with zero attached hydrogens (tertiary/aromatic N) is 9. The predicted octanol–water partition coefficient (Wildman–Crippen LogP) is 1.28. The number of urea groups is 5. The summed E-state index contributed by atoms with van der Waals surface area (Å²) in [6, 6.07) is 5.70. The average molecular weight is 1530 g/mol. The molecule has 0 radical (unpaired) electrons. The van der Waals surface area contributed by atoms with Crippen LogP contribution in [0.5, 0.6) is 0 Å². The number of rotatable bonds is 40. The number of likely N-dealkylation sites (N-methyl/N-ethyl adjacent to an activating group) is 3. The zero-order valence-corrected chi connectivity index (χ0v) is 65.6. The van der Waals surface area contributed by atoms with Crippen LogP contribution >= 0.6 is 0 Å². The van der Waals surface area contributed by atoms with Crippen LogP contribution in [0.3, 0.4) is 0 Å². The number of pyridine rings is 1. The Hall–Kier alpha value is -10.1. The van der Waals surface area contributed by atoms with Crippen LogP contribution in [0.4, 0.5) is 53.6 Å². The SMILES string of the molecule is Cc1cc(=O)[nH]c(NC(=O)NCCCN(CCCNC(=O)Nc2nc(C)cc(=O)[nH]2)CC(=O)NCCCS(=O)(=O)[O-])n1.Cc1cc(=O)[nH]c(NC(=O)NCCC[N+](C)(C)CCN(CC[N+](C)(C)CCCNC(=O)Nc2cc(=O)cc(C)[nH]2)CC[N+](C)(C)CCCNC(=O)Nc2nc(C)cc(=O)[nH]2)n1.[CH3+].[CH3-].[CH3-].[CH3-]. The van der Waals surface area contributed by atoms with E-state index < -0.39 is 57.0 Å². The molecule has 16 N–H and O–H groups in total. The fraction of sp³-hybridized carbons (Fsp3) is 0.537. The van der Waals surface area contributed by atoms with E-state index in [1.807, 2.05) is 0 Å². The summed E-state index contributed by atoms with van der Waals surface area (Å²) in [5.74, 6) is -0.406. The smallest absolute Gasteiger partial charge is 0.321 e. The fourth-order valence-corrected chi connectivity index (χ4v) is 10.6. The Balaban J connectivity index is 0.00000215. The van der Waals surface area contributed by atoms with Crippen LogP contribution in [0, 0.1) is 64.3 Å². The second kappa shape index (κ2) is 48.1. The molecule has 11 amide bonds. The van der Waals surface area contributed by atoms with Gasteiger partial charge in [-0.25, -0.2) is 52.3 Å². The van der Waals surface area contributed by atoms with Crippen molar-refractivity contribution in [1.82, 2.24) is 86.6 Å². The molecule has 5 heterocycles. The predicted molar refractivity (Wildman–Crippen MR) is 415 cm³/mol. The molecule has 0 fully saturated rings. The summed E-state index contributed by atoms with van der Waals surface area (Å²) in [6.07, 6.45) is 3.15. The van der Waals surface area contributed by atoms with Crippen molar-refractivity contribution in [3.05, 3.63) is 146 Å². The second-order valence-electron chi connectivity index (χ2n) is 26.8. The minimum atomic E-state index is -4.37. The van der Waals surface area contributed by atoms with Crippen LogP contribution in [-0.4, -0.2) is 283 Å². The minimum absolute atomic E-state index is 0. The van der Waals surface area contributed by atoms with Crippen LogP contribution < -0.4 is 86.2 Å². The molecule has 107 heavy (non-hydrogen) atoms. The van der Waals surface area contributed by atoms with E-state index in [2.05, 4.69) is 151 Å². The van der Waals surface area contributed by atoms with Gasteiger partial charge < -0.3 is 77.2 Å². The van der Waals surface area contributed by atoms with Gasteiger partial charge in [0.1, 0.15) is 5.82 Å². The molecule has 0 bridgehead atoms. The number of aromatic amines is 5. The van der Waals surface area contributed by atoms with Gasteiger partial charge in [-0.05, 0) is 53.9 Å². The van der Waals surface area contributed by atoms with Gasteiger partial charge in [0, 0.05) is 169 Å². The molecule has 0 saturated heterocycles. The molecule has 0 saturated carbocycles. The number of quaternary nitrogens is 3. The average Bonchev–Trinajstić information content (AvgIpc) is 0.906. The Bertz CT molecular complexity index is 3710. The molecule has 600 valence electrons.